The molecule has 0 saturated carbocycles. The van der Waals surface area contributed by atoms with Gasteiger partial charge in [0.1, 0.15) is 0 Å². The third-order valence-corrected chi connectivity index (χ3v) is 4.30. The molecule has 0 bridgehead atoms. The largest absolute Gasteiger partial charge is 0.0616 e. The van der Waals surface area contributed by atoms with Gasteiger partial charge in [-0.15, -0.1) is 0 Å². The molecule has 5 rings (SSSR count). The van der Waals surface area contributed by atoms with Crippen LogP contribution in [0.5, 0.6) is 0 Å². The van der Waals surface area contributed by atoms with Crippen LogP contribution < -0.4 is 0 Å². The fraction of sp³-hybridized carbons (Fsp3) is 0. The Labute approximate surface area is 117 Å². The first-order chi connectivity index (χ1) is 9.93. The molecule has 0 unspecified atom stereocenters. The molecule has 0 saturated heterocycles. The van der Waals surface area contributed by atoms with Gasteiger partial charge in [-0.3, -0.25) is 0 Å². The summed E-state index contributed by atoms with van der Waals surface area (Å²) in [6, 6.07) is 27.3. The van der Waals surface area contributed by atoms with Crippen LogP contribution in [-0.2, 0) is 0 Å². The van der Waals surface area contributed by atoms with Gasteiger partial charge in [0, 0.05) is 0 Å². The van der Waals surface area contributed by atoms with Crippen LogP contribution in [0.3, 0.4) is 0 Å². The van der Waals surface area contributed by atoms with Crippen molar-refractivity contribution in [1.29, 1.82) is 0 Å². The monoisotopic (exact) mass is 251 g/mol. The summed E-state index contributed by atoms with van der Waals surface area (Å²) >= 11 is 0. The van der Waals surface area contributed by atoms with Crippen LogP contribution in [0.15, 0.2) is 66.7 Å². The molecule has 0 nitrogen and oxygen atoms in total. The summed E-state index contributed by atoms with van der Waals surface area (Å²) in [6.07, 6.45) is 0. The van der Waals surface area contributed by atoms with E-state index in [0.717, 1.165) is 0 Å². The number of benzene rings is 4. The molecule has 0 heteroatoms. The zero-order valence-corrected chi connectivity index (χ0v) is 10.9. The van der Waals surface area contributed by atoms with E-state index in [4.69, 9.17) is 0 Å². The second-order valence-corrected chi connectivity index (χ2v) is 5.33. The normalized spacial score (nSPS) is 12.0. The Kier molecular flexibility index (Phi) is 1.78. The highest BCUT2D eigenvalue weighted by Crippen LogP contribution is 2.48. The van der Waals surface area contributed by atoms with Gasteiger partial charge in [-0.2, -0.15) is 0 Å². The predicted molar refractivity (Wildman–Crippen MR) is 84.7 cm³/mol. The zero-order valence-electron chi connectivity index (χ0n) is 10.9. The fourth-order valence-corrected chi connectivity index (χ4v) is 3.46. The van der Waals surface area contributed by atoms with Gasteiger partial charge < -0.3 is 0 Å². The smallest absolute Gasteiger partial charge is 0.00137 e. The molecule has 0 aliphatic heterocycles. The van der Waals surface area contributed by atoms with E-state index in [1.165, 1.54) is 43.8 Å². The summed E-state index contributed by atoms with van der Waals surface area (Å²) in [5, 5.41) is 5.18. The molecule has 20 heavy (non-hydrogen) atoms. The second-order valence-electron chi connectivity index (χ2n) is 5.33. The fourth-order valence-electron chi connectivity index (χ4n) is 3.46. The van der Waals surface area contributed by atoms with Crippen molar-refractivity contribution >= 4 is 21.5 Å². The Hall–Kier alpha value is -2.60. The van der Waals surface area contributed by atoms with Crippen LogP contribution in [0.1, 0.15) is 0 Å². The highest BCUT2D eigenvalue weighted by atomic mass is 14.2. The van der Waals surface area contributed by atoms with Crippen molar-refractivity contribution in [3.63, 3.8) is 0 Å². The third kappa shape index (κ3) is 1.12. The molecular formula is C20H11. The average molecular weight is 251 g/mol. The van der Waals surface area contributed by atoms with Crippen molar-refractivity contribution in [2.75, 3.05) is 0 Å². The van der Waals surface area contributed by atoms with E-state index >= 15 is 0 Å². The Morgan fingerprint density at radius 2 is 1.40 bits per heavy atom. The van der Waals surface area contributed by atoms with Gasteiger partial charge in [0.2, 0.25) is 0 Å². The van der Waals surface area contributed by atoms with E-state index in [1.54, 1.807) is 0 Å². The van der Waals surface area contributed by atoms with Gasteiger partial charge in [0.05, 0.1) is 0 Å². The van der Waals surface area contributed by atoms with E-state index in [0.29, 0.717) is 0 Å². The first-order valence-corrected chi connectivity index (χ1v) is 6.89. The van der Waals surface area contributed by atoms with Crippen molar-refractivity contribution < 1.29 is 0 Å². The molecule has 4 aromatic rings. The maximum Gasteiger partial charge on any atom is -0.00137 e. The van der Waals surface area contributed by atoms with Crippen LogP contribution in [0.2, 0.25) is 0 Å². The summed E-state index contributed by atoms with van der Waals surface area (Å²) in [6.45, 7) is 0. The molecule has 0 N–H and O–H groups in total. The molecule has 1 radical (unpaired) electrons. The molecular weight excluding hydrogens is 240 g/mol. The van der Waals surface area contributed by atoms with Crippen molar-refractivity contribution in [2.45, 2.75) is 0 Å². The SMILES string of the molecule is [c]1ccc2c3c(cc4ccccc4c13)-c1ccccc1-2. The predicted octanol–water partition coefficient (Wildman–Crippen LogP) is 5.44. The van der Waals surface area contributed by atoms with E-state index in [2.05, 4.69) is 72.8 Å². The van der Waals surface area contributed by atoms with E-state index in [1.807, 2.05) is 0 Å². The van der Waals surface area contributed by atoms with Crippen molar-refractivity contribution in [1.82, 2.24) is 0 Å². The second kappa shape index (κ2) is 3.49. The molecule has 0 aromatic heterocycles. The van der Waals surface area contributed by atoms with Gasteiger partial charge in [-0.25, -0.2) is 0 Å². The number of fused-ring (bicyclic) bond motifs is 5. The quantitative estimate of drug-likeness (QED) is 0.321. The van der Waals surface area contributed by atoms with Crippen LogP contribution in [0.25, 0.3) is 43.8 Å². The molecule has 0 atom stereocenters. The molecule has 91 valence electrons. The van der Waals surface area contributed by atoms with Gasteiger partial charge >= 0.3 is 0 Å². The van der Waals surface area contributed by atoms with Crippen LogP contribution in [0, 0.1) is 6.07 Å². The lowest BCUT2D eigenvalue weighted by atomic mass is 9.97. The van der Waals surface area contributed by atoms with E-state index < -0.39 is 0 Å². The topological polar surface area (TPSA) is 0 Å². The minimum atomic E-state index is 1.24. The zero-order chi connectivity index (χ0) is 13.1. The first kappa shape index (κ1) is 10.2. The van der Waals surface area contributed by atoms with Crippen molar-refractivity contribution in [3.8, 4) is 22.3 Å². The summed E-state index contributed by atoms with van der Waals surface area (Å²) < 4.78 is 0. The molecule has 4 aromatic carbocycles. The van der Waals surface area contributed by atoms with Gasteiger partial charge in [-0.05, 0) is 55.9 Å². The summed E-state index contributed by atoms with van der Waals surface area (Å²) in [7, 11) is 0. The van der Waals surface area contributed by atoms with Crippen molar-refractivity contribution in [3.05, 3.63) is 72.8 Å². The lowest BCUT2D eigenvalue weighted by Crippen LogP contribution is -1.80. The molecule has 0 amide bonds. The third-order valence-electron chi connectivity index (χ3n) is 4.30. The summed E-state index contributed by atoms with van der Waals surface area (Å²) in [5.74, 6) is 0. The van der Waals surface area contributed by atoms with Crippen molar-refractivity contribution in [2.24, 2.45) is 0 Å². The Morgan fingerprint density at radius 1 is 0.650 bits per heavy atom. The highest BCUT2D eigenvalue weighted by molar-refractivity contribution is 6.23. The maximum absolute atomic E-state index is 3.45. The van der Waals surface area contributed by atoms with Gasteiger partial charge in [0.15, 0.2) is 0 Å². The van der Waals surface area contributed by atoms with E-state index in [9.17, 15) is 0 Å². The van der Waals surface area contributed by atoms with Crippen LogP contribution >= 0.6 is 0 Å². The van der Waals surface area contributed by atoms with Gasteiger partial charge in [-0.1, -0.05) is 60.7 Å². The van der Waals surface area contributed by atoms with Crippen LogP contribution in [-0.4, -0.2) is 0 Å². The molecule has 1 aliphatic carbocycles. The van der Waals surface area contributed by atoms with Gasteiger partial charge in [0.25, 0.3) is 0 Å². The number of hydrogen-bond acceptors (Lipinski definition) is 0. The van der Waals surface area contributed by atoms with E-state index in [-0.39, 0.29) is 0 Å². The standard InChI is InChI=1S/C20H11/c1-2-7-14-13(6-1)12-19-16-9-4-3-8-15(16)18-11-5-10-17(14)20(18)19/h1-9,11-12H. The minimum Gasteiger partial charge on any atom is -0.0616 e. The highest BCUT2D eigenvalue weighted by Gasteiger charge is 2.21. The Morgan fingerprint density at radius 3 is 2.30 bits per heavy atom. The molecule has 0 fully saturated rings. The molecule has 1 aliphatic rings. The lowest BCUT2D eigenvalue weighted by molar-refractivity contribution is 1.70. The minimum absolute atomic E-state index is 1.24. The maximum atomic E-state index is 3.45. The Bertz CT molecular complexity index is 993. The average Bonchev–Trinajstić information content (AvgIpc) is 2.84. The molecule has 0 heterocycles. The van der Waals surface area contributed by atoms with Crippen LogP contribution in [0.4, 0.5) is 0 Å². The summed E-state index contributed by atoms with van der Waals surface area (Å²) in [5.41, 5.74) is 5.38. The number of hydrogen-bond donors (Lipinski definition) is 0. The number of rotatable bonds is 0. The lowest BCUT2D eigenvalue weighted by Gasteiger charge is -2.06. The molecule has 0 spiro atoms. The first-order valence-electron chi connectivity index (χ1n) is 6.89. The Balaban J connectivity index is 2.12. The summed E-state index contributed by atoms with van der Waals surface area (Å²) in [4.78, 5) is 0.